The highest BCUT2D eigenvalue weighted by Crippen LogP contribution is 2.37. The third-order valence-corrected chi connectivity index (χ3v) is 6.14. The first-order valence-corrected chi connectivity index (χ1v) is 11.0. The predicted octanol–water partition coefficient (Wildman–Crippen LogP) is 7.18. The summed E-state index contributed by atoms with van der Waals surface area (Å²) >= 11 is 3.44. The Morgan fingerprint density at radius 3 is 2.29 bits per heavy atom. The number of benzene rings is 3. The zero-order valence-electron chi connectivity index (χ0n) is 16.3. The summed E-state index contributed by atoms with van der Waals surface area (Å²) in [6.45, 7) is 2.24. The molecular formula is C26H25BrO. The van der Waals surface area contributed by atoms with Crippen LogP contribution in [0.3, 0.4) is 0 Å². The van der Waals surface area contributed by atoms with Gasteiger partial charge in [0.25, 0.3) is 0 Å². The van der Waals surface area contributed by atoms with Crippen molar-refractivity contribution in [3.05, 3.63) is 93.0 Å². The Bertz CT molecular complexity index is 1000. The number of fused-ring (bicyclic) bond motifs is 3. The van der Waals surface area contributed by atoms with Gasteiger partial charge in [-0.25, -0.2) is 0 Å². The van der Waals surface area contributed by atoms with Crippen molar-refractivity contribution in [2.75, 3.05) is 0 Å². The highest BCUT2D eigenvalue weighted by atomic mass is 79.9. The molecule has 142 valence electrons. The van der Waals surface area contributed by atoms with Crippen LogP contribution in [0.25, 0.3) is 11.1 Å². The van der Waals surface area contributed by atoms with Crippen LogP contribution in [0.5, 0.6) is 0 Å². The minimum Gasteiger partial charge on any atom is -0.294 e. The number of carbonyl (C=O) groups excluding carboxylic acids is 1. The van der Waals surface area contributed by atoms with Crippen molar-refractivity contribution in [1.29, 1.82) is 0 Å². The smallest absolute Gasteiger partial charge is 0.167 e. The fourth-order valence-corrected chi connectivity index (χ4v) is 4.33. The molecule has 1 aliphatic carbocycles. The van der Waals surface area contributed by atoms with Crippen LogP contribution >= 0.6 is 15.9 Å². The molecule has 1 aliphatic rings. The van der Waals surface area contributed by atoms with E-state index in [1.807, 2.05) is 30.3 Å². The van der Waals surface area contributed by atoms with Crippen molar-refractivity contribution >= 4 is 21.7 Å². The summed E-state index contributed by atoms with van der Waals surface area (Å²) in [7, 11) is 0. The Kier molecular flexibility index (Phi) is 5.77. The van der Waals surface area contributed by atoms with Gasteiger partial charge in [-0.3, -0.25) is 4.79 Å². The molecule has 0 atom stereocenters. The van der Waals surface area contributed by atoms with Crippen LogP contribution in [0.15, 0.2) is 65.1 Å². The molecule has 0 fully saturated rings. The van der Waals surface area contributed by atoms with Crippen LogP contribution in [0.2, 0.25) is 0 Å². The van der Waals surface area contributed by atoms with Crippen LogP contribution in [0.1, 0.15) is 58.8 Å². The summed E-state index contributed by atoms with van der Waals surface area (Å²) in [5.74, 6) is 0.182. The second kappa shape index (κ2) is 8.45. The molecule has 3 aromatic carbocycles. The zero-order chi connectivity index (χ0) is 19.5. The zero-order valence-corrected chi connectivity index (χ0v) is 17.9. The Morgan fingerprint density at radius 1 is 0.857 bits per heavy atom. The fraction of sp³-hybridized carbons (Fsp3) is 0.269. The summed E-state index contributed by atoms with van der Waals surface area (Å²) < 4.78 is 1.04. The van der Waals surface area contributed by atoms with Crippen molar-refractivity contribution in [3.8, 4) is 11.1 Å². The largest absolute Gasteiger partial charge is 0.294 e. The normalized spacial score (nSPS) is 11.9. The quantitative estimate of drug-likeness (QED) is 0.223. The van der Waals surface area contributed by atoms with Crippen molar-refractivity contribution < 1.29 is 4.79 Å². The number of unbranched alkanes of at least 4 members (excludes halogenated alkanes) is 2. The lowest BCUT2D eigenvalue weighted by molar-refractivity contribution is 0.0993. The Morgan fingerprint density at radius 2 is 1.54 bits per heavy atom. The topological polar surface area (TPSA) is 17.1 Å². The maximum atomic E-state index is 12.8. The first-order valence-electron chi connectivity index (χ1n) is 10.2. The molecule has 0 spiro atoms. The second-order valence-electron chi connectivity index (χ2n) is 7.72. The highest BCUT2D eigenvalue weighted by Gasteiger charge is 2.20. The average Bonchev–Trinajstić information content (AvgIpc) is 3.06. The molecule has 0 saturated heterocycles. The molecule has 4 rings (SSSR count). The summed E-state index contributed by atoms with van der Waals surface area (Å²) in [6, 6.07) is 21.1. The highest BCUT2D eigenvalue weighted by molar-refractivity contribution is 9.10. The molecule has 0 amide bonds. The van der Waals surface area contributed by atoms with Crippen LogP contribution in [0, 0.1) is 0 Å². The number of carbonyl (C=O) groups is 1. The van der Waals surface area contributed by atoms with Gasteiger partial charge in [0.15, 0.2) is 5.78 Å². The van der Waals surface area contributed by atoms with Crippen molar-refractivity contribution in [2.45, 2.75) is 45.4 Å². The van der Waals surface area contributed by atoms with Gasteiger partial charge in [-0.2, -0.15) is 0 Å². The van der Waals surface area contributed by atoms with E-state index in [4.69, 9.17) is 0 Å². The molecule has 0 unspecified atom stereocenters. The molecule has 2 heteroatoms. The number of aryl methyl sites for hydroxylation is 1. The molecule has 3 aromatic rings. The average molecular weight is 433 g/mol. The monoisotopic (exact) mass is 432 g/mol. The first kappa shape index (κ1) is 19.1. The lowest BCUT2D eigenvalue weighted by Crippen LogP contribution is -2.04. The van der Waals surface area contributed by atoms with Crippen molar-refractivity contribution in [2.24, 2.45) is 0 Å². The van der Waals surface area contributed by atoms with Gasteiger partial charge in [0.1, 0.15) is 0 Å². The van der Waals surface area contributed by atoms with E-state index in [1.54, 1.807) is 0 Å². The molecule has 0 aromatic heterocycles. The summed E-state index contributed by atoms with van der Waals surface area (Å²) in [5, 5.41) is 0. The predicted molar refractivity (Wildman–Crippen MR) is 120 cm³/mol. The van der Waals surface area contributed by atoms with Gasteiger partial charge >= 0.3 is 0 Å². The molecule has 0 N–H and O–H groups in total. The molecule has 0 saturated carbocycles. The SMILES string of the molecule is CCCCCc1ccc2c(c1)Cc1cc(C(=O)Cc3ccc(Br)cc3)ccc1-2. The molecule has 0 bridgehead atoms. The van der Waals surface area contributed by atoms with E-state index in [2.05, 4.69) is 53.2 Å². The molecule has 0 heterocycles. The second-order valence-corrected chi connectivity index (χ2v) is 8.64. The molecule has 0 aliphatic heterocycles. The van der Waals surface area contributed by atoms with Crippen LogP contribution in [0.4, 0.5) is 0 Å². The standard InChI is InChI=1S/C26H25BrO/c1-2-3-4-5-18-8-12-24-21(14-18)17-22-16-20(9-13-25(22)24)26(28)15-19-6-10-23(27)11-7-19/h6-14,16H,2-5,15,17H2,1H3. The number of hydrogen-bond donors (Lipinski definition) is 0. The van der Waals surface area contributed by atoms with Gasteiger partial charge in [-0.1, -0.05) is 78.2 Å². The van der Waals surface area contributed by atoms with E-state index in [0.29, 0.717) is 6.42 Å². The maximum absolute atomic E-state index is 12.8. The van der Waals surface area contributed by atoms with Gasteiger partial charge in [0.2, 0.25) is 0 Å². The molecule has 28 heavy (non-hydrogen) atoms. The Labute approximate surface area is 175 Å². The third kappa shape index (κ3) is 4.12. The van der Waals surface area contributed by atoms with Gasteiger partial charge < -0.3 is 0 Å². The summed E-state index contributed by atoms with van der Waals surface area (Å²) in [4.78, 5) is 12.8. The number of halogens is 1. The Hall–Kier alpha value is -2.19. The number of hydrogen-bond acceptors (Lipinski definition) is 1. The van der Waals surface area contributed by atoms with E-state index >= 15 is 0 Å². The minimum absolute atomic E-state index is 0.182. The van der Waals surface area contributed by atoms with Gasteiger partial charge in [-0.05, 0) is 70.8 Å². The third-order valence-electron chi connectivity index (χ3n) is 5.61. The minimum atomic E-state index is 0.182. The molecule has 0 radical (unpaired) electrons. The molecular weight excluding hydrogens is 408 g/mol. The summed E-state index contributed by atoms with van der Waals surface area (Å²) in [6.07, 6.45) is 6.35. The van der Waals surface area contributed by atoms with E-state index in [0.717, 1.165) is 28.4 Å². The van der Waals surface area contributed by atoms with Crippen LogP contribution in [-0.4, -0.2) is 5.78 Å². The first-order chi connectivity index (χ1) is 13.6. The van der Waals surface area contributed by atoms with Crippen molar-refractivity contribution in [1.82, 2.24) is 0 Å². The number of ketones is 1. The lowest BCUT2D eigenvalue weighted by atomic mass is 9.98. The number of Topliss-reactive ketones (excluding diaryl/α,β-unsaturated/α-hetero) is 1. The summed E-state index contributed by atoms with van der Waals surface area (Å²) in [5.41, 5.74) is 8.61. The maximum Gasteiger partial charge on any atom is 0.167 e. The number of rotatable bonds is 7. The fourth-order valence-electron chi connectivity index (χ4n) is 4.06. The van der Waals surface area contributed by atoms with Crippen molar-refractivity contribution in [3.63, 3.8) is 0 Å². The van der Waals surface area contributed by atoms with Gasteiger partial charge in [-0.15, -0.1) is 0 Å². The van der Waals surface area contributed by atoms with E-state index in [1.165, 1.54) is 47.1 Å². The Balaban J connectivity index is 1.50. The van der Waals surface area contributed by atoms with Crippen LogP contribution < -0.4 is 0 Å². The molecule has 1 nitrogen and oxygen atoms in total. The van der Waals surface area contributed by atoms with Crippen LogP contribution in [-0.2, 0) is 19.3 Å². The van der Waals surface area contributed by atoms with Gasteiger partial charge in [0.05, 0.1) is 0 Å². The van der Waals surface area contributed by atoms with E-state index in [-0.39, 0.29) is 5.78 Å². The van der Waals surface area contributed by atoms with E-state index < -0.39 is 0 Å². The van der Waals surface area contributed by atoms with E-state index in [9.17, 15) is 4.79 Å². The lowest BCUT2D eigenvalue weighted by Gasteiger charge is -2.06. The van der Waals surface area contributed by atoms with Gasteiger partial charge in [0, 0.05) is 16.5 Å².